The van der Waals surface area contributed by atoms with Crippen LogP contribution >= 0.6 is 12.2 Å². The topological polar surface area (TPSA) is 50.4 Å². The number of nitrogens with zero attached hydrogens (tertiary/aromatic N) is 2. The molecule has 0 fully saturated rings. The second-order valence-electron chi connectivity index (χ2n) is 4.77. The number of aromatic nitrogens is 1. The van der Waals surface area contributed by atoms with Crippen LogP contribution in [0.4, 0.5) is 0 Å². The summed E-state index contributed by atoms with van der Waals surface area (Å²) in [6.45, 7) is 3.60. The summed E-state index contributed by atoms with van der Waals surface area (Å²) >= 11 is 5.22. The van der Waals surface area contributed by atoms with E-state index in [-0.39, 0.29) is 5.91 Å². The van der Waals surface area contributed by atoms with Crippen molar-refractivity contribution in [1.29, 1.82) is 0 Å². The van der Waals surface area contributed by atoms with Crippen molar-refractivity contribution in [2.45, 2.75) is 20.0 Å². The van der Waals surface area contributed by atoms with Gasteiger partial charge in [-0.2, -0.15) is 0 Å². The molecule has 1 aromatic carbocycles. The summed E-state index contributed by atoms with van der Waals surface area (Å²) in [5.74, 6) is 0.0219. The van der Waals surface area contributed by atoms with E-state index >= 15 is 0 Å². The summed E-state index contributed by atoms with van der Waals surface area (Å²) < 4.78 is 7.41. The zero-order chi connectivity index (χ0) is 14.5. The molecule has 1 N–H and O–H groups in total. The lowest BCUT2D eigenvalue weighted by Crippen LogP contribution is -2.36. The lowest BCUT2D eigenvalue weighted by molar-refractivity contribution is -0.122. The number of amides is 1. The highest BCUT2D eigenvalue weighted by molar-refractivity contribution is 7.71. The summed E-state index contributed by atoms with van der Waals surface area (Å²) in [6, 6.07) is 7.69. The van der Waals surface area contributed by atoms with Gasteiger partial charge in [-0.1, -0.05) is 19.1 Å². The molecule has 0 radical (unpaired) electrons. The standard InChI is InChI=1S/C14H19N3O2S/c1-3-8-15-13(18)9-16(2)10-17-11-6-4-5-7-12(11)19-14(17)20/h4-7H,3,8-10H2,1-2H3,(H,15,18). The third kappa shape index (κ3) is 3.46. The fourth-order valence-corrected chi connectivity index (χ4v) is 2.25. The van der Waals surface area contributed by atoms with Crippen LogP contribution in [0.3, 0.4) is 0 Å². The monoisotopic (exact) mass is 293 g/mol. The van der Waals surface area contributed by atoms with Crippen LogP contribution in [0.25, 0.3) is 11.1 Å². The van der Waals surface area contributed by atoms with Gasteiger partial charge in [-0.25, -0.2) is 0 Å². The fourth-order valence-electron chi connectivity index (χ4n) is 2.00. The average Bonchev–Trinajstić information content (AvgIpc) is 2.73. The van der Waals surface area contributed by atoms with Gasteiger partial charge in [0.05, 0.1) is 18.7 Å². The van der Waals surface area contributed by atoms with E-state index in [0.29, 0.717) is 24.6 Å². The zero-order valence-electron chi connectivity index (χ0n) is 11.8. The molecule has 0 atom stereocenters. The molecule has 0 spiro atoms. The van der Waals surface area contributed by atoms with Gasteiger partial charge in [-0.05, 0) is 37.8 Å². The minimum atomic E-state index is 0.0219. The van der Waals surface area contributed by atoms with E-state index in [0.717, 1.165) is 17.5 Å². The number of carbonyl (C=O) groups is 1. The molecule has 0 saturated heterocycles. The minimum Gasteiger partial charge on any atom is -0.429 e. The summed E-state index contributed by atoms with van der Waals surface area (Å²) in [5, 5.41) is 2.86. The van der Waals surface area contributed by atoms with Crippen molar-refractivity contribution in [2.75, 3.05) is 20.1 Å². The number of rotatable bonds is 6. The van der Waals surface area contributed by atoms with Crippen molar-refractivity contribution in [3.05, 3.63) is 29.1 Å². The van der Waals surface area contributed by atoms with Gasteiger partial charge in [0.1, 0.15) is 0 Å². The van der Waals surface area contributed by atoms with Crippen LogP contribution in [0.2, 0.25) is 0 Å². The van der Waals surface area contributed by atoms with Gasteiger partial charge in [-0.15, -0.1) is 0 Å². The summed E-state index contributed by atoms with van der Waals surface area (Å²) in [6.07, 6.45) is 0.937. The van der Waals surface area contributed by atoms with Gasteiger partial charge >= 0.3 is 0 Å². The molecule has 1 amide bonds. The summed E-state index contributed by atoms with van der Waals surface area (Å²) in [5.41, 5.74) is 1.71. The molecule has 2 rings (SSSR count). The molecule has 0 unspecified atom stereocenters. The van der Waals surface area contributed by atoms with Crippen LogP contribution in [-0.4, -0.2) is 35.5 Å². The van der Waals surface area contributed by atoms with E-state index < -0.39 is 0 Å². The quantitative estimate of drug-likeness (QED) is 0.831. The molecule has 108 valence electrons. The van der Waals surface area contributed by atoms with Gasteiger partial charge in [0.2, 0.25) is 5.91 Å². The molecule has 20 heavy (non-hydrogen) atoms. The van der Waals surface area contributed by atoms with Crippen molar-refractivity contribution in [3.63, 3.8) is 0 Å². The first kappa shape index (κ1) is 14.7. The Labute approximate surface area is 123 Å². The smallest absolute Gasteiger partial charge is 0.270 e. The third-order valence-electron chi connectivity index (χ3n) is 2.94. The maximum absolute atomic E-state index is 11.7. The molecule has 0 aliphatic rings. The maximum Gasteiger partial charge on any atom is 0.270 e. The summed E-state index contributed by atoms with van der Waals surface area (Å²) in [4.78, 5) is 14.0. The van der Waals surface area contributed by atoms with Gasteiger partial charge in [0.15, 0.2) is 5.58 Å². The lowest BCUT2D eigenvalue weighted by Gasteiger charge is -2.16. The van der Waals surface area contributed by atoms with E-state index in [1.165, 1.54) is 0 Å². The number of hydrogen-bond acceptors (Lipinski definition) is 4. The van der Waals surface area contributed by atoms with Gasteiger partial charge in [0.25, 0.3) is 4.84 Å². The normalized spacial score (nSPS) is 11.2. The number of carbonyl (C=O) groups excluding carboxylic acids is 1. The Hall–Kier alpha value is -1.66. The number of oxazole rings is 1. The molecular formula is C14H19N3O2S. The van der Waals surface area contributed by atoms with E-state index in [1.54, 1.807) is 0 Å². The van der Waals surface area contributed by atoms with Crippen LogP contribution < -0.4 is 5.32 Å². The molecule has 1 aromatic heterocycles. The Bertz CT molecular complexity index is 647. The Kier molecular flexibility index (Phi) is 4.92. The molecule has 6 heteroatoms. The predicted molar refractivity (Wildman–Crippen MR) is 81.0 cm³/mol. The van der Waals surface area contributed by atoms with Crippen LogP contribution in [-0.2, 0) is 11.5 Å². The first-order valence-corrected chi connectivity index (χ1v) is 7.06. The van der Waals surface area contributed by atoms with Crippen molar-refractivity contribution >= 4 is 29.2 Å². The molecule has 0 bridgehead atoms. The van der Waals surface area contributed by atoms with Gasteiger partial charge in [0, 0.05) is 6.54 Å². The van der Waals surface area contributed by atoms with E-state index in [9.17, 15) is 4.79 Å². The Morgan fingerprint density at radius 1 is 1.45 bits per heavy atom. The summed E-state index contributed by atoms with van der Waals surface area (Å²) in [7, 11) is 1.88. The van der Waals surface area contributed by atoms with Crippen molar-refractivity contribution < 1.29 is 9.21 Å². The Balaban J connectivity index is 2.06. The van der Waals surface area contributed by atoms with Gasteiger partial charge in [-0.3, -0.25) is 14.3 Å². The highest BCUT2D eigenvalue weighted by atomic mass is 32.1. The molecular weight excluding hydrogens is 274 g/mol. The SMILES string of the molecule is CCCNC(=O)CN(C)Cn1c(=S)oc2ccccc21. The largest absolute Gasteiger partial charge is 0.429 e. The number of benzene rings is 1. The van der Waals surface area contributed by atoms with Crippen molar-refractivity contribution in [2.24, 2.45) is 0 Å². The predicted octanol–water partition coefficient (Wildman–Crippen LogP) is 2.38. The second-order valence-corrected chi connectivity index (χ2v) is 5.12. The minimum absolute atomic E-state index is 0.0219. The van der Waals surface area contributed by atoms with Crippen LogP contribution in [0, 0.1) is 4.84 Å². The molecule has 5 nitrogen and oxygen atoms in total. The molecule has 1 heterocycles. The third-order valence-corrected chi connectivity index (χ3v) is 3.25. The first-order chi connectivity index (χ1) is 9.61. The van der Waals surface area contributed by atoms with E-state index in [4.69, 9.17) is 16.6 Å². The number of nitrogens with one attached hydrogen (secondary N) is 1. The van der Waals surface area contributed by atoms with Crippen LogP contribution in [0.1, 0.15) is 13.3 Å². The number of fused-ring (bicyclic) bond motifs is 1. The van der Waals surface area contributed by atoms with Crippen molar-refractivity contribution in [3.8, 4) is 0 Å². The van der Waals surface area contributed by atoms with E-state index in [2.05, 4.69) is 5.32 Å². The molecule has 2 aromatic rings. The highest BCUT2D eigenvalue weighted by Gasteiger charge is 2.10. The van der Waals surface area contributed by atoms with Crippen LogP contribution in [0.15, 0.2) is 28.7 Å². The van der Waals surface area contributed by atoms with Crippen LogP contribution in [0.5, 0.6) is 0 Å². The second kappa shape index (κ2) is 6.67. The molecule has 0 aliphatic carbocycles. The molecule has 0 saturated carbocycles. The number of para-hydroxylation sites is 2. The number of hydrogen-bond donors (Lipinski definition) is 1. The maximum atomic E-state index is 11.7. The van der Waals surface area contributed by atoms with Gasteiger partial charge < -0.3 is 9.73 Å². The zero-order valence-corrected chi connectivity index (χ0v) is 12.6. The number of likely N-dealkylation sites (N-methyl/N-ethyl adjacent to an activating group) is 1. The van der Waals surface area contributed by atoms with E-state index in [1.807, 2.05) is 47.7 Å². The fraction of sp³-hybridized carbons (Fsp3) is 0.429. The molecule has 0 aliphatic heterocycles. The highest BCUT2D eigenvalue weighted by Crippen LogP contribution is 2.17. The Morgan fingerprint density at radius 3 is 2.95 bits per heavy atom. The lowest BCUT2D eigenvalue weighted by atomic mass is 10.3. The Morgan fingerprint density at radius 2 is 2.20 bits per heavy atom. The average molecular weight is 293 g/mol. The van der Waals surface area contributed by atoms with Crippen molar-refractivity contribution in [1.82, 2.24) is 14.8 Å². The first-order valence-electron chi connectivity index (χ1n) is 6.65.